The molecule has 0 aromatic heterocycles. The minimum atomic E-state index is 0.449. The van der Waals surface area contributed by atoms with Crippen LogP contribution in [0.1, 0.15) is 22.8 Å². The lowest BCUT2D eigenvalue weighted by atomic mass is 9.79. The zero-order chi connectivity index (χ0) is 28.3. The highest BCUT2D eigenvalue weighted by atomic mass is 32.2. The molecule has 1 heteroatoms. The van der Waals surface area contributed by atoms with Crippen molar-refractivity contribution in [3.63, 3.8) is 0 Å². The molecule has 0 spiro atoms. The van der Waals surface area contributed by atoms with Crippen LogP contribution < -0.4 is 0 Å². The van der Waals surface area contributed by atoms with Gasteiger partial charge >= 0.3 is 0 Å². The molecule has 0 radical (unpaired) electrons. The summed E-state index contributed by atoms with van der Waals surface area (Å²) < 4.78 is 0. The largest absolute Gasteiger partial charge is 0.117 e. The monoisotopic (exact) mass is 564 g/mol. The molecule has 202 valence electrons. The minimum absolute atomic E-state index is 0.449. The van der Waals surface area contributed by atoms with Crippen LogP contribution in [0, 0.1) is 0 Å². The van der Waals surface area contributed by atoms with Gasteiger partial charge in [0, 0.05) is 10.1 Å². The average molecular weight is 565 g/mol. The van der Waals surface area contributed by atoms with Gasteiger partial charge in [-0.05, 0) is 89.7 Å². The van der Waals surface area contributed by atoms with Crippen molar-refractivity contribution in [2.45, 2.75) is 16.6 Å². The fraction of sp³-hybridized carbons (Fsp3) is 0.0476. The first-order valence-electron chi connectivity index (χ1n) is 15.0. The van der Waals surface area contributed by atoms with Crippen molar-refractivity contribution in [1.29, 1.82) is 0 Å². The van der Waals surface area contributed by atoms with E-state index in [-0.39, 0.29) is 0 Å². The highest BCUT2D eigenvalue weighted by Gasteiger charge is 2.31. The van der Waals surface area contributed by atoms with Crippen LogP contribution >= 0.6 is 11.8 Å². The van der Waals surface area contributed by atoms with E-state index in [2.05, 4.69) is 152 Å². The van der Waals surface area contributed by atoms with Crippen molar-refractivity contribution in [2.75, 3.05) is 0 Å². The summed E-state index contributed by atoms with van der Waals surface area (Å²) in [5, 5.41) is 5.65. The molecule has 7 aromatic carbocycles. The second-order valence-corrected chi connectivity index (χ2v) is 12.8. The molecule has 2 aliphatic rings. The molecule has 0 nitrogen and oxygen atoms in total. The smallest absolute Gasteiger partial charge is 0.0391 e. The van der Waals surface area contributed by atoms with Gasteiger partial charge < -0.3 is 0 Å². The normalized spacial score (nSPS) is 14.9. The molecule has 0 N–H and O–H groups in total. The number of benzene rings is 7. The first-order valence-corrected chi connectivity index (χ1v) is 15.9. The molecule has 7 aromatic rings. The van der Waals surface area contributed by atoms with Gasteiger partial charge in [-0.1, -0.05) is 146 Å². The predicted molar refractivity (Wildman–Crippen MR) is 185 cm³/mol. The van der Waals surface area contributed by atoms with Crippen LogP contribution in [0.5, 0.6) is 0 Å². The van der Waals surface area contributed by atoms with Gasteiger partial charge in [0.2, 0.25) is 0 Å². The van der Waals surface area contributed by atoms with Crippen LogP contribution in [0.15, 0.2) is 150 Å². The molecule has 0 bridgehead atoms. The Morgan fingerprint density at radius 3 is 1.74 bits per heavy atom. The van der Waals surface area contributed by atoms with Crippen molar-refractivity contribution in [3.05, 3.63) is 157 Å². The number of rotatable bonds is 3. The Balaban J connectivity index is 1.35. The molecule has 43 heavy (non-hydrogen) atoms. The lowest BCUT2D eigenvalue weighted by Gasteiger charge is -2.32. The summed E-state index contributed by atoms with van der Waals surface area (Å²) in [5.41, 5.74) is 13.3. The summed E-state index contributed by atoms with van der Waals surface area (Å²) in [6, 6.07) is 51.5. The SMILES string of the molecule is C1=Cc2ccc(-c3c4ccccc4c(-c4ccc(-c5ccccc5)cc4)c4ccccc34)c3c2C(C1)Sc1ccccc1-3. The van der Waals surface area contributed by atoms with Crippen molar-refractivity contribution < 1.29 is 0 Å². The van der Waals surface area contributed by atoms with Crippen LogP contribution in [0.25, 0.3) is 72.1 Å². The van der Waals surface area contributed by atoms with Crippen molar-refractivity contribution in [1.82, 2.24) is 0 Å². The molecule has 1 heterocycles. The van der Waals surface area contributed by atoms with E-state index in [1.165, 1.54) is 82.1 Å². The molecular weight excluding hydrogens is 537 g/mol. The Kier molecular flexibility index (Phi) is 5.67. The van der Waals surface area contributed by atoms with Crippen LogP contribution in [-0.4, -0.2) is 0 Å². The molecule has 0 amide bonds. The van der Waals surface area contributed by atoms with Crippen LogP contribution in [0.4, 0.5) is 0 Å². The summed E-state index contributed by atoms with van der Waals surface area (Å²) in [6.45, 7) is 0. The number of thioether (sulfide) groups is 1. The third-order valence-electron chi connectivity index (χ3n) is 9.16. The summed E-state index contributed by atoms with van der Waals surface area (Å²) in [7, 11) is 0. The third kappa shape index (κ3) is 3.85. The van der Waals surface area contributed by atoms with E-state index in [9.17, 15) is 0 Å². The molecule has 1 aliphatic carbocycles. The van der Waals surface area contributed by atoms with Gasteiger partial charge in [-0.2, -0.15) is 0 Å². The van der Waals surface area contributed by atoms with Gasteiger partial charge in [-0.25, -0.2) is 0 Å². The Bertz CT molecular complexity index is 2160. The minimum Gasteiger partial charge on any atom is -0.117 e. The fourth-order valence-corrected chi connectivity index (χ4v) is 8.63. The molecule has 1 unspecified atom stereocenters. The zero-order valence-corrected chi connectivity index (χ0v) is 24.4. The number of fused-ring (bicyclic) bond motifs is 4. The van der Waals surface area contributed by atoms with Gasteiger partial charge in [-0.15, -0.1) is 11.8 Å². The molecule has 9 rings (SSSR count). The topological polar surface area (TPSA) is 0 Å². The van der Waals surface area contributed by atoms with Gasteiger partial charge in [0.25, 0.3) is 0 Å². The van der Waals surface area contributed by atoms with Gasteiger partial charge in [0.1, 0.15) is 0 Å². The Labute approximate surface area is 256 Å². The second-order valence-electron chi connectivity index (χ2n) is 11.5. The van der Waals surface area contributed by atoms with E-state index in [0.717, 1.165) is 6.42 Å². The molecule has 1 atom stereocenters. The molecule has 0 saturated carbocycles. The molecule has 1 aliphatic heterocycles. The van der Waals surface area contributed by atoms with E-state index in [4.69, 9.17) is 0 Å². The first kappa shape index (κ1) is 24.7. The lowest BCUT2D eigenvalue weighted by Crippen LogP contribution is -2.09. The maximum Gasteiger partial charge on any atom is 0.0391 e. The Morgan fingerprint density at radius 1 is 0.442 bits per heavy atom. The van der Waals surface area contributed by atoms with E-state index < -0.39 is 0 Å². The quantitative estimate of drug-likeness (QED) is 0.192. The zero-order valence-electron chi connectivity index (χ0n) is 23.6. The lowest BCUT2D eigenvalue weighted by molar-refractivity contribution is 0.948. The summed E-state index contributed by atoms with van der Waals surface area (Å²) >= 11 is 2.02. The van der Waals surface area contributed by atoms with Gasteiger partial charge in [-0.3, -0.25) is 0 Å². The van der Waals surface area contributed by atoms with Crippen LogP contribution in [0.2, 0.25) is 0 Å². The third-order valence-corrected chi connectivity index (χ3v) is 10.5. The van der Waals surface area contributed by atoms with Gasteiger partial charge in [0.05, 0.1) is 0 Å². The van der Waals surface area contributed by atoms with E-state index in [1.807, 2.05) is 11.8 Å². The van der Waals surface area contributed by atoms with Crippen LogP contribution in [-0.2, 0) is 0 Å². The Hall–Kier alpha value is -4.85. The highest BCUT2D eigenvalue weighted by Crippen LogP contribution is 2.57. The molecule has 0 fully saturated rings. The maximum atomic E-state index is 2.39. The van der Waals surface area contributed by atoms with Gasteiger partial charge in [0.15, 0.2) is 0 Å². The van der Waals surface area contributed by atoms with Crippen molar-refractivity contribution >= 4 is 39.4 Å². The fourth-order valence-electron chi connectivity index (χ4n) is 7.29. The van der Waals surface area contributed by atoms with E-state index in [0.29, 0.717) is 5.25 Å². The summed E-state index contributed by atoms with van der Waals surface area (Å²) in [4.78, 5) is 1.39. The van der Waals surface area contributed by atoms with E-state index in [1.54, 1.807) is 0 Å². The van der Waals surface area contributed by atoms with Crippen molar-refractivity contribution in [3.8, 4) is 44.5 Å². The number of allylic oxidation sites excluding steroid dienone is 1. The predicted octanol–water partition coefficient (Wildman–Crippen LogP) is 12.2. The van der Waals surface area contributed by atoms with Crippen LogP contribution in [0.3, 0.4) is 0 Å². The molecule has 0 saturated heterocycles. The second kappa shape index (κ2) is 9.87. The average Bonchev–Trinajstić information content (AvgIpc) is 3.08. The summed E-state index contributed by atoms with van der Waals surface area (Å²) in [5.74, 6) is 0. The Morgan fingerprint density at radius 2 is 1.02 bits per heavy atom. The standard InChI is InChI=1S/C42H28S/c1-2-11-27(12-3-1)28-21-23-30(24-22-28)39-31-14-4-6-16-33(31)41(34-17-7-5-15-32(34)39)36-26-25-29-13-10-20-38-40(29)42(36)35-18-8-9-19-37(35)43-38/h1-19,21-26,38H,20H2. The summed E-state index contributed by atoms with van der Waals surface area (Å²) in [6.07, 6.45) is 5.74. The number of hydrogen-bond acceptors (Lipinski definition) is 1. The van der Waals surface area contributed by atoms with E-state index >= 15 is 0 Å². The van der Waals surface area contributed by atoms with Crippen molar-refractivity contribution in [2.24, 2.45) is 0 Å². The molecular formula is C42H28S. The highest BCUT2D eigenvalue weighted by molar-refractivity contribution is 7.99. The number of hydrogen-bond donors (Lipinski definition) is 0. The maximum absolute atomic E-state index is 2.39. The first-order chi connectivity index (χ1) is 21.3.